The molecule has 0 amide bonds. The summed E-state index contributed by atoms with van der Waals surface area (Å²) in [7, 11) is 1.28. The first-order valence-corrected chi connectivity index (χ1v) is 5.51. The molecule has 18 heavy (non-hydrogen) atoms. The second-order valence-electron chi connectivity index (χ2n) is 4.07. The molecular weight excluding hydrogens is 235 g/mol. The Morgan fingerprint density at radius 1 is 1.33 bits per heavy atom. The van der Waals surface area contributed by atoms with Gasteiger partial charge >= 0.3 is 5.97 Å². The van der Waals surface area contributed by atoms with Crippen molar-refractivity contribution in [1.82, 2.24) is 0 Å². The highest BCUT2D eigenvalue weighted by Crippen LogP contribution is 2.39. The van der Waals surface area contributed by atoms with Crippen LogP contribution in [0.25, 0.3) is 5.57 Å². The van der Waals surface area contributed by atoms with Gasteiger partial charge in [0.05, 0.1) is 0 Å². The lowest BCUT2D eigenvalue weighted by atomic mass is 9.81. The van der Waals surface area contributed by atoms with Crippen LogP contribution in [0.4, 0.5) is 4.39 Å². The van der Waals surface area contributed by atoms with Crippen molar-refractivity contribution in [3.63, 3.8) is 0 Å². The van der Waals surface area contributed by atoms with Crippen LogP contribution >= 0.6 is 0 Å². The molecule has 1 aromatic rings. The molecule has 0 aromatic heterocycles. The van der Waals surface area contributed by atoms with Crippen molar-refractivity contribution in [2.24, 2.45) is 0 Å². The van der Waals surface area contributed by atoms with Crippen LogP contribution in [0.2, 0.25) is 0 Å². The molecule has 1 aliphatic rings. The minimum Gasteiger partial charge on any atom is -0.479 e. The van der Waals surface area contributed by atoms with Gasteiger partial charge in [-0.15, -0.1) is 0 Å². The molecule has 1 aromatic carbocycles. The summed E-state index contributed by atoms with van der Waals surface area (Å²) in [6.07, 6.45) is 2.45. The molecule has 0 saturated carbocycles. The number of hydrogen-bond acceptors (Lipinski definition) is 2. The fraction of sp³-hybridized carbons (Fsp3) is 0.214. The highest BCUT2D eigenvalue weighted by atomic mass is 19.1. The van der Waals surface area contributed by atoms with Crippen molar-refractivity contribution < 1.29 is 19.0 Å². The van der Waals surface area contributed by atoms with Crippen LogP contribution in [0, 0.1) is 0 Å². The molecule has 1 aliphatic carbocycles. The maximum Gasteiger partial charge on any atom is 0.341 e. The molecule has 0 saturated heterocycles. The fourth-order valence-corrected chi connectivity index (χ4v) is 2.11. The molecule has 0 heterocycles. The first-order valence-electron chi connectivity index (χ1n) is 5.51. The minimum atomic E-state index is -1.65. The normalized spacial score (nSPS) is 23.2. The highest BCUT2D eigenvalue weighted by molar-refractivity contribution is 5.97. The van der Waals surface area contributed by atoms with Crippen molar-refractivity contribution in [2.75, 3.05) is 7.11 Å². The number of benzene rings is 1. The van der Waals surface area contributed by atoms with E-state index in [0.717, 1.165) is 0 Å². The van der Waals surface area contributed by atoms with Gasteiger partial charge in [-0.2, -0.15) is 0 Å². The fourth-order valence-electron chi connectivity index (χ4n) is 2.11. The number of carboxylic acids is 1. The Balaban J connectivity index is 2.57. The second kappa shape index (κ2) is 4.74. The van der Waals surface area contributed by atoms with Crippen molar-refractivity contribution in [3.05, 3.63) is 53.9 Å². The van der Waals surface area contributed by atoms with Crippen molar-refractivity contribution in [2.45, 2.75) is 12.0 Å². The summed E-state index contributed by atoms with van der Waals surface area (Å²) in [6.45, 7) is 0. The molecule has 4 heteroatoms. The molecule has 3 nitrogen and oxygen atoms in total. The predicted octanol–water partition coefficient (Wildman–Crippen LogP) is 2.80. The first kappa shape index (κ1) is 12.5. The average Bonchev–Trinajstić information content (AvgIpc) is 2.39. The number of halogens is 1. The van der Waals surface area contributed by atoms with E-state index in [2.05, 4.69) is 0 Å². The zero-order valence-corrected chi connectivity index (χ0v) is 9.89. The Hall–Kier alpha value is -1.94. The number of carbonyl (C=O) groups is 1. The summed E-state index contributed by atoms with van der Waals surface area (Å²) >= 11 is 0. The molecule has 1 N–H and O–H groups in total. The topological polar surface area (TPSA) is 46.5 Å². The number of hydrogen-bond donors (Lipinski definition) is 1. The van der Waals surface area contributed by atoms with Crippen LogP contribution in [-0.2, 0) is 9.53 Å². The average molecular weight is 248 g/mol. The molecule has 0 spiro atoms. The SMILES string of the molecule is COC1(C(=O)O)CC(F)=CC=C1c1ccccc1. The molecular formula is C14H13FO3. The summed E-state index contributed by atoms with van der Waals surface area (Å²) in [5.41, 5.74) is -0.481. The molecule has 0 aliphatic heterocycles. The number of allylic oxidation sites excluding steroid dienone is 2. The molecule has 1 atom stereocenters. The number of methoxy groups -OCH3 is 1. The van der Waals surface area contributed by atoms with Crippen LogP contribution in [0.3, 0.4) is 0 Å². The van der Waals surface area contributed by atoms with Gasteiger partial charge in [-0.1, -0.05) is 36.4 Å². The Kier molecular flexibility index (Phi) is 3.30. The quantitative estimate of drug-likeness (QED) is 0.894. The molecule has 2 rings (SSSR count). The molecule has 1 unspecified atom stereocenters. The summed E-state index contributed by atoms with van der Waals surface area (Å²) in [4.78, 5) is 11.5. The van der Waals surface area contributed by atoms with Crippen LogP contribution < -0.4 is 0 Å². The van der Waals surface area contributed by atoms with E-state index in [1.807, 2.05) is 6.07 Å². The Morgan fingerprint density at radius 3 is 2.56 bits per heavy atom. The number of ether oxygens (including phenoxy) is 1. The standard InChI is InChI=1S/C14H13FO3/c1-18-14(13(16)17)9-11(15)7-8-12(14)10-5-3-2-4-6-10/h2-8H,9H2,1H3,(H,16,17). The van der Waals surface area contributed by atoms with Gasteiger partial charge in [-0.25, -0.2) is 9.18 Å². The Morgan fingerprint density at radius 2 is 2.00 bits per heavy atom. The molecule has 0 fully saturated rings. The largest absolute Gasteiger partial charge is 0.479 e. The van der Waals surface area contributed by atoms with Gasteiger partial charge in [0.25, 0.3) is 0 Å². The van der Waals surface area contributed by atoms with E-state index in [1.54, 1.807) is 24.3 Å². The van der Waals surface area contributed by atoms with Crippen LogP contribution in [-0.4, -0.2) is 23.8 Å². The maximum atomic E-state index is 13.4. The van der Waals surface area contributed by atoms with Crippen LogP contribution in [0.1, 0.15) is 12.0 Å². The van der Waals surface area contributed by atoms with Crippen molar-refractivity contribution >= 4 is 11.5 Å². The summed E-state index contributed by atoms with van der Waals surface area (Å²) in [5.74, 6) is -1.69. The Bertz CT molecular complexity index is 519. The van der Waals surface area contributed by atoms with E-state index >= 15 is 0 Å². The number of aliphatic carboxylic acids is 1. The van der Waals surface area contributed by atoms with E-state index in [1.165, 1.54) is 19.3 Å². The molecule has 0 radical (unpaired) electrons. The summed E-state index contributed by atoms with van der Waals surface area (Å²) in [5, 5.41) is 9.38. The number of rotatable bonds is 3. The lowest BCUT2D eigenvalue weighted by Gasteiger charge is -2.32. The maximum absolute atomic E-state index is 13.4. The third-order valence-electron chi connectivity index (χ3n) is 3.06. The zero-order chi connectivity index (χ0) is 13.2. The van der Waals surface area contributed by atoms with E-state index in [-0.39, 0.29) is 6.42 Å². The zero-order valence-electron chi connectivity index (χ0n) is 9.89. The lowest BCUT2D eigenvalue weighted by Crippen LogP contribution is -2.43. The van der Waals surface area contributed by atoms with Crippen LogP contribution in [0.15, 0.2) is 48.3 Å². The van der Waals surface area contributed by atoms with Crippen LogP contribution in [0.5, 0.6) is 0 Å². The smallest absolute Gasteiger partial charge is 0.341 e. The first-order chi connectivity index (χ1) is 8.60. The van der Waals surface area contributed by atoms with E-state index < -0.39 is 17.4 Å². The minimum absolute atomic E-state index is 0.292. The lowest BCUT2D eigenvalue weighted by molar-refractivity contribution is -0.155. The van der Waals surface area contributed by atoms with E-state index in [0.29, 0.717) is 11.1 Å². The summed E-state index contributed by atoms with van der Waals surface area (Å²) in [6, 6.07) is 8.98. The van der Waals surface area contributed by atoms with Gasteiger partial charge in [-0.3, -0.25) is 0 Å². The van der Waals surface area contributed by atoms with E-state index in [4.69, 9.17) is 4.74 Å². The molecule has 0 bridgehead atoms. The van der Waals surface area contributed by atoms with Gasteiger partial charge < -0.3 is 9.84 Å². The molecule has 94 valence electrons. The van der Waals surface area contributed by atoms with Crippen molar-refractivity contribution in [1.29, 1.82) is 0 Å². The monoisotopic (exact) mass is 248 g/mol. The third kappa shape index (κ3) is 1.95. The van der Waals surface area contributed by atoms with Gasteiger partial charge in [-0.05, 0) is 11.6 Å². The number of carboxylic acid groups (broad SMARTS) is 1. The van der Waals surface area contributed by atoms with Gasteiger partial charge in [0.1, 0.15) is 5.83 Å². The van der Waals surface area contributed by atoms with Gasteiger partial charge in [0.15, 0.2) is 5.60 Å². The highest BCUT2D eigenvalue weighted by Gasteiger charge is 2.45. The van der Waals surface area contributed by atoms with Gasteiger partial charge in [0.2, 0.25) is 0 Å². The predicted molar refractivity (Wildman–Crippen MR) is 65.6 cm³/mol. The third-order valence-corrected chi connectivity index (χ3v) is 3.06. The summed E-state index contributed by atoms with van der Waals surface area (Å²) < 4.78 is 18.5. The van der Waals surface area contributed by atoms with Crippen molar-refractivity contribution in [3.8, 4) is 0 Å². The van der Waals surface area contributed by atoms with Gasteiger partial charge in [0, 0.05) is 19.1 Å². The second-order valence-corrected chi connectivity index (χ2v) is 4.07. The van der Waals surface area contributed by atoms with E-state index in [9.17, 15) is 14.3 Å². The Labute approximate surface area is 104 Å².